The van der Waals surface area contributed by atoms with Crippen LogP contribution in [0.1, 0.15) is 25.0 Å². The molecule has 0 amide bonds. The van der Waals surface area contributed by atoms with Gasteiger partial charge in [0.25, 0.3) is 0 Å². The van der Waals surface area contributed by atoms with Crippen LogP contribution in [0.5, 0.6) is 0 Å². The Bertz CT molecular complexity index is 2280. The van der Waals surface area contributed by atoms with E-state index >= 15 is 0 Å². The molecule has 1 aliphatic carbocycles. The smallest absolute Gasteiger partial charge is 0.0547 e. The van der Waals surface area contributed by atoms with Gasteiger partial charge >= 0.3 is 0 Å². The summed E-state index contributed by atoms with van der Waals surface area (Å²) in [6.45, 7) is 4.80. The lowest BCUT2D eigenvalue weighted by molar-refractivity contribution is 0.644. The van der Waals surface area contributed by atoms with Crippen LogP contribution in [0.3, 0.4) is 0 Å². The van der Waals surface area contributed by atoms with Crippen LogP contribution >= 0.6 is 0 Å². The summed E-state index contributed by atoms with van der Waals surface area (Å²) < 4.78 is 4.96. The number of benzene rings is 6. The minimum atomic E-state index is -0.249. The molecule has 0 saturated carbocycles. The fourth-order valence-corrected chi connectivity index (χ4v) is 7.46. The van der Waals surface area contributed by atoms with E-state index in [9.17, 15) is 0 Å². The van der Waals surface area contributed by atoms with Gasteiger partial charge in [0.05, 0.1) is 27.8 Å². The Morgan fingerprint density at radius 2 is 1.12 bits per heavy atom. The minimum Gasteiger partial charge on any atom is -0.309 e. The van der Waals surface area contributed by atoms with Crippen LogP contribution in [0.2, 0.25) is 0 Å². The van der Waals surface area contributed by atoms with Crippen LogP contribution in [0.15, 0.2) is 133 Å². The second-order valence-corrected chi connectivity index (χ2v) is 11.8. The van der Waals surface area contributed by atoms with Gasteiger partial charge in [-0.1, -0.05) is 105 Å². The molecule has 2 heteroatoms. The number of para-hydroxylation sites is 3. The molecule has 0 aliphatic heterocycles. The van der Waals surface area contributed by atoms with Crippen molar-refractivity contribution in [3.63, 3.8) is 0 Å². The van der Waals surface area contributed by atoms with E-state index in [-0.39, 0.29) is 5.41 Å². The molecule has 1 aliphatic rings. The number of nitrogens with zero attached hydrogens (tertiary/aromatic N) is 2. The van der Waals surface area contributed by atoms with Crippen molar-refractivity contribution in [1.29, 1.82) is 0 Å². The van der Waals surface area contributed by atoms with E-state index in [0.29, 0.717) is 0 Å². The van der Waals surface area contributed by atoms with Crippen molar-refractivity contribution in [2.75, 3.05) is 0 Å². The van der Waals surface area contributed by atoms with Crippen molar-refractivity contribution in [2.24, 2.45) is 0 Å². The SMILES string of the molecule is CC1(C)c2cccc(c2)-c2cccc3c2c2c1c(-n1c4ccccc4c4ccccc41)ccc2n3-c1ccccc1. The molecule has 9 rings (SSSR count). The Labute approximate surface area is 238 Å². The lowest BCUT2D eigenvalue weighted by Crippen LogP contribution is -2.22. The molecule has 41 heavy (non-hydrogen) atoms. The number of aromatic nitrogens is 2. The third kappa shape index (κ3) is 2.92. The second kappa shape index (κ2) is 7.99. The van der Waals surface area contributed by atoms with Crippen molar-refractivity contribution in [3.05, 3.63) is 145 Å². The predicted molar refractivity (Wildman–Crippen MR) is 173 cm³/mol. The molecule has 6 aromatic carbocycles. The molecule has 0 radical (unpaired) electrons. The van der Waals surface area contributed by atoms with Crippen LogP contribution in [-0.4, -0.2) is 9.13 Å². The minimum absolute atomic E-state index is 0.249. The summed E-state index contributed by atoms with van der Waals surface area (Å²) in [6.07, 6.45) is 0. The Kier molecular flexibility index (Phi) is 4.42. The van der Waals surface area contributed by atoms with Gasteiger partial charge in [0.15, 0.2) is 0 Å². The highest BCUT2D eigenvalue weighted by Crippen LogP contribution is 2.50. The van der Waals surface area contributed by atoms with Gasteiger partial charge in [-0.3, -0.25) is 0 Å². The van der Waals surface area contributed by atoms with Crippen LogP contribution in [-0.2, 0) is 5.41 Å². The average Bonchev–Trinajstić information content (AvgIpc) is 3.54. The lowest BCUT2D eigenvalue weighted by atomic mass is 9.73. The molecule has 2 aromatic heterocycles. The molecule has 8 aromatic rings. The number of hydrogen-bond acceptors (Lipinski definition) is 0. The molecule has 0 atom stereocenters. The number of rotatable bonds is 2. The van der Waals surface area contributed by atoms with Gasteiger partial charge in [0, 0.05) is 32.6 Å². The van der Waals surface area contributed by atoms with Crippen LogP contribution < -0.4 is 0 Å². The summed E-state index contributed by atoms with van der Waals surface area (Å²) in [5.41, 5.74) is 12.4. The summed E-state index contributed by atoms with van der Waals surface area (Å²) in [4.78, 5) is 0. The van der Waals surface area contributed by atoms with E-state index in [4.69, 9.17) is 0 Å². The first-order chi connectivity index (χ1) is 20.1. The maximum Gasteiger partial charge on any atom is 0.0547 e. The Balaban J connectivity index is 1.56. The summed E-state index contributed by atoms with van der Waals surface area (Å²) in [6, 6.07) is 49.2. The zero-order valence-electron chi connectivity index (χ0n) is 23.1. The van der Waals surface area contributed by atoms with E-state index in [2.05, 4.69) is 156 Å². The largest absolute Gasteiger partial charge is 0.309 e. The molecule has 0 fully saturated rings. The Morgan fingerprint density at radius 1 is 0.488 bits per heavy atom. The summed E-state index contributed by atoms with van der Waals surface area (Å²) in [5, 5.41) is 5.24. The number of hydrogen-bond donors (Lipinski definition) is 0. The van der Waals surface area contributed by atoms with Gasteiger partial charge in [-0.15, -0.1) is 0 Å². The predicted octanol–water partition coefficient (Wildman–Crippen LogP) is 10.2. The summed E-state index contributed by atoms with van der Waals surface area (Å²) in [5.74, 6) is 0. The molecule has 194 valence electrons. The van der Waals surface area contributed by atoms with Crippen molar-refractivity contribution in [2.45, 2.75) is 19.3 Å². The third-order valence-electron chi connectivity index (χ3n) is 9.29. The molecule has 2 nitrogen and oxygen atoms in total. The van der Waals surface area contributed by atoms with Crippen LogP contribution in [0.4, 0.5) is 0 Å². The van der Waals surface area contributed by atoms with E-state index in [1.54, 1.807) is 0 Å². The highest BCUT2D eigenvalue weighted by atomic mass is 15.0. The maximum atomic E-state index is 2.50. The van der Waals surface area contributed by atoms with E-state index in [1.165, 1.54) is 77.2 Å². The number of fused-ring (bicyclic) bond motifs is 6. The molecular weight excluding hydrogens is 496 g/mol. The first kappa shape index (κ1) is 22.7. The van der Waals surface area contributed by atoms with Gasteiger partial charge < -0.3 is 9.13 Å². The summed E-state index contributed by atoms with van der Waals surface area (Å²) in [7, 11) is 0. The van der Waals surface area contributed by atoms with E-state index < -0.39 is 0 Å². The fraction of sp³-hybridized carbons (Fsp3) is 0.0769. The Morgan fingerprint density at radius 3 is 1.88 bits per heavy atom. The zero-order valence-corrected chi connectivity index (χ0v) is 23.1. The van der Waals surface area contributed by atoms with Gasteiger partial charge in [-0.05, 0) is 64.7 Å². The zero-order chi connectivity index (χ0) is 27.3. The standard InChI is InChI=1S/C39H28N2/c1-39(2)26-13-10-12-25(24-26)28-18-11-21-33-36(28)37-34(40(33)27-14-4-3-5-15-27)22-23-35(38(37)39)41-31-19-8-6-16-29(31)30-17-7-9-20-32(30)41/h3-24H,1-2H3. The fourth-order valence-electron chi connectivity index (χ4n) is 7.46. The van der Waals surface area contributed by atoms with Gasteiger partial charge in [0.1, 0.15) is 0 Å². The Hall–Kier alpha value is -5.08. The second-order valence-electron chi connectivity index (χ2n) is 11.8. The van der Waals surface area contributed by atoms with Gasteiger partial charge in [-0.2, -0.15) is 0 Å². The molecule has 2 heterocycles. The van der Waals surface area contributed by atoms with Gasteiger partial charge in [0.2, 0.25) is 0 Å². The maximum absolute atomic E-state index is 2.50. The quantitative estimate of drug-likeness (QED) is 0.213. The first-order valence-electron chi connectivity index (χ1n) is 14.4. The van der Waals surface area contributed by atoms with Crippen molar-refractivity contribution in [3.8, 4) is 22.5 Å². The average molecular weight is 525 g/mol. The molecular formula is C39H28N2. The normalized spacial score (nSPS) is 13.8. The van der Waals surface area contributed by atoms with E-state index in [1.807, 2.05) is 0 Å². The molecule has 0 spiro atoms. The van der Waals surface area contributed by atoms with Crippen molar-refractivity contribution in [1.82, 2.24) is 9.13 Å². The lowest BCUT2D eigenvalue weighted by Gasteiger charge is -2.32. The highest BCUT2D eigenvalue weighted by Gasteiger charge is 2.34. The third-order valence-corrected chi connectivity index (χ3v) is 9.29. The van der Waals surface area contributed by atoms with E-state index in [0.717, 1.165) is 0 Å². The first-order valence-corrected chi connectivity index (χ1v) is 14.4. The van der Waals surface area contributed by atoms with Crippen LogP contribution in [0.25, 0.3) is 66.1 Å². The van der Waals surface area contributed by atoms with Crippen molar-refractivity contribution >= 4 is 43.6 Å². The summed E-state index contributed by atoms with van der Waals surface area (Å²) >= 11 is 0. The molecule has 0 unspecified atom stereocenters. The monoisotopic (exact) mass is 524 g/mol. The topological polar surface area (TPSA) is 9.86 Å². The highest BCUT2D eigenvalue weighted by molar-refractivity contribution is 6.19. The van der Waals surface area contributed by atoms with Crippen LogP contribution in [0, 0.1) is 0 Å². The molecule has 2 bridgehead atoms. The molecule has 0 N–H and O–H groups in total. The van der Waals surface area contributed by atoms with Gasteiger partial charge in [-0.25, -0.2) is 0 Å². The molecule has 0 saturated heterocycles. The van der Waals surface area contributed by atoms with Crippen molar-refractivity contribution < 1.29 is 0 Å².